The Balaban J connectivity index is 1.70. The molecule has 25 heavy (non-hydrogen) atoms. The van der Waals surface area contributed by atoms with Crippen LogP contribution in [-0.2, 0) is 25.0 Å². The zero-order chi connectivity index (χ0) is 17.8. The van der Waals surface area contributed by atoms with E-state index in [1.54, 1.807) is 18.2 Å². The Morgan fingerprint density at radius 1 is 1.20 bits per heavy atom. The zero-order valence-electron chi connectivity index (χ0n) is 14.7. The molecule has 2 heterocycles. The Hall–Kier alpha value is -1.44. The van der Waals surface area contributed by atoms with Crippen LogP contribution in [0.15, 0.2) is 23.1 Å². The van der Waals surface area contributed by atoms with E-state index < -0.39 is 10.0 Å². The maximum atomic E-state index is 12.9. The van der Waals surface area contributed by atoms with Gasteiger partial charge >= 0.3 is 0 Å². The Morgan fingerprint density at radius 3 is 2.52 bits per heavy atom. The molecule has 7 heteroatoms. The first kappa shape index (κ1) is 17.0. The normalized spacial score (nSPS) is 23.5. The van der Waals surface area contributed by atoms with Gasteiger partial charge in [-0.1, -0.05) is 13.8 Å². The van der Waals surface area contributed by atoms with Crippen LogP contribution in [0, 0.1) is 5.92 Å². The Bertz CT molecular complexity index is 808. The summed E-state index contributed by atoms with van der Waals surface area (Å²) in [6.45, 7) is 6.37. The van der Waals surface area contributed by atoms with Crippen molar-refractivity contribution in [3.05, 3.63) is 23.8 Å². The second-order valence-electron chi connectivity index (χ2n) is 7.78. The lowest BCUT2D eigenvalue weighted by Gasteiger charge is -2.26. The number of anilines is 1. The minimum Gasteiger partial charge on any atom is -0.379 e. The number of ether oxygens (including phenoxy) is 1. The van der Waals surface area contributed by atoms with E-state index >= 15 is 0 Å². The predicted octanol–water partition coefficient (Wildman–Crippen LogP) is 1.74. The summed E-state index contributed by atoms with van der Waals surface area (Å²) in [6, 6.07) is 5.20. The van der Waals surface area contributed by atoms with Gasteiger partial charge in [0.2, 0.25) is 15.9 Å². The number of benzene rings is 1. The summed E-state index contributed by atoms with van der Waals surface area (Å²) in [5.41, 5.74) is 1.55. The van der Waals surface area contributed by atoms with Crippen LogP contribution in [0.4, 0.5) is 5.69 Å². The molecule has 6 nitrogen and oxygen atoms in total. The van der Waals surface area contributed by atoms with Gasteiger partial charge in [-0.15, -0.1) is 0 Å². The monoisotopic (exact) mass is 364 g/mol. The van der Waals surface area contributed by atoms with Gasteiger partial charge in [0.1, 0.15) is 0 Å². The van der Waals surface area contributed by atoms with Crippen molar-refractivity contribution >= 4 is 21.6 Å². The first-order chi connectivity index (χ1) is 11.8. The topological polar surface area (TPSA) is 66.9 Å². The number of carbonyl (C=O) groups is 1. The Labute approximate surface area is 148 Å². The predicted molar refractivity (Wildman–Crippen MR) is 94.1 cm³/mol. The molecule has 0 unspecified atom stereocenters. The second-order valence-corrected chi connectivity index (χ2v) is 9.72. The number of fused-ring (bicyclic) bond motifs is 1. The molecular weight excluding hydrogens is 340 g/mol. The van der Waals surface area contributed by atoms with Crippen molar-refractivity contribution < 1.29 is 17.9 Å². The third-order valence-corrected chi connectivity index (χ3v) is 7.24. The minimum absolute atomic E-state index is 0.151. The van der Waals surface area contributed by atoms with E-state index in [1.165, 1.54) is 4.31 Å². The molecule has 3 aliphatic rings. The summed E-state index contributed by atoms with van der Waals surface area (Å²) < 4.78 is 32.6. The van der Waals surface area contributed by atoms with Crippen molar-refractivity contribution in [3.8, 4) is 0 Å². The summed E-state index contributed by atoms with van der Waals surface area (Å²) in [5, 5.41) is 0. The van der Waals surface area contributed by atoms with E-state index in [0.717, 1.165) is 24.1 Å². The second kappa shape index (κ2) is 5.79. The molecule has 136 valence electrons. The van der Waals surface area contributed by atoms with Gasteiger partial charge in [-0.2, -0.15) is 4.31 Å². The molecule has 0 N–H and O–H groups in total. The maximum absolute atomic E-state index is 12.9. The maximum Gasteiger partial charge on any atom is 0.243 e. The number of nitrogens with zero attached hydrogens (tertiary/aromatic N) is 2. The Kier molecular flexibility index (Phi) is 3.94. The smallest absolute Gasteiger partial charge is 0.243 e. The summed E-state index contributed by atoms with van der Waals surface area (Å²) in [6.07, 6.45) is 1.93. The molecule has 2 fully saturated rings. The van der Waals surface area contributed by atoms with Crippen LogP contribution < -0.4 is 4.90 Å². The molecule has 0 spiro atoms. The van der Waals surface area contributed by atoms with Crippen molar-refractivity contribution in [3.63, 3.8) is 0 Å². The molecule has 2 aliphatic heterocycles. The molecule has 1 saturated heterocycles. The van der Waals surface area contributed by atoms with Crippen LogP contribution in [-0.4, -0.2) is 51.5 Å². The molecule has 1 amide bonds. The highest BCUT2D eigenvalue weighted by molar-refractivity contribution is 7.89. The number of hydrogen-bond donors (Lipinski definition) is 0. The van der Waals surface area contributed by atoms with Gasteiger partial charge in [0.25, 0.3) is 0 Å². The number of rotatable bonds is 3. The van der Waals surface area contributed by atoms with E-state index in [4.69, 9.17) is 4.74 Å². The van der Waals surface area contributed by atoms with Gasteiger partial charge in [0, 0.05) is 36.7 Å². The largest absolute Gasteiger partial charge is 0.379 e. The molecule has 1 aromatic rings. The van der Waals surface area contributed by atoms with Gasteiger partial charge < -0.3 is 9.64 Å². The van der Waals surface area contributed by atoms with Crippen molar-refractivity contribution in [1.82, 2.24) is 4.31 Å². The lowest BCUT2D eigenvalue weighted by molar-refractivity contribution is -0.119. The van der Waals surface area contributed by atoms with Gasteiger partial charge in [-0.25, -0.2) is 8.42 Å². The van der Waals surface area contributed by atoms with Crippen molar-refractivity contribution in [1.29, 1.82) is 0 Å². The van der Waals surface area contributed by atoms with Crippen LogP contribution in [0.3, 0.4) is 0 Å². The van der Waals surface area contributed by atoms with E-state index in [2.05, 4.69) is 13.8 Å². The van der Waals surface area contributed by atoms with Crippen LogP contribution in [0.2, 0.25) is 0 Å². The van der Waals surface area contributed by atoms with Gasteiger partial charge in [-0.05, 0) is 36.6 Å². The summed E-state index contributed by atoms with van der Waals surface area (Å²) in [5.74, 6) is 0.328. The fourth-order valence-electron chi connectivity index (χ4n) is 3.70. The lowest BCUT2D eigenvalue weighted by atomic mass is 9.87. The number of amides is 1. The quantitative estimate of drug-likeness (QED) is 0.819. The van der Waals surface area contributed by atoms with Gasteiger partial charge in [0.15, 0.2) is 0 Å². The van der Waals surface area contributed by atoms with Crippen LogP contribution in [0.5, 0.6) is 0 Å². The Morgan fingerprint density at radius 2 is 1.88 bits per heavy atom. The molecular formula is C18H24N2O4S. The van der Waals surface area contributed by atoms with Crippen LogP contribution >= 0.6 is 0 Å². The summed E-state index contributed by atoms with van der Waals surface area (Å²) >= 11 is 0. The summed E-state index contributed by atoms with van der Waals surface area (Å²) in [4.78, 5) is 14.7. The third-order valence-electron chi connectivity index (χ3n) is 5.34. The lowest BCUT2D eigenvalue weighted by Crippen LogP contribution is -2.40. The molecule has 0 aromatic heterocycles. The van der Waals surface area contributed by atoms with E-state index in [-0.39, 0.29) is 17.2 Å². The molecule has 0 atom stereocenters. The zero-order valence-corrected chi connectivity index (χ0v) is 15.5. The average Bonchev–Trinajstić information content (AvgIpc) is 3.41. The highest BCUT2D eigenvalue weighted by Crippen LogP contribution is 2.44. The standard InChI is InChI=1S/C18H24N2O4S/c1-18(2)12-20(17(21)13-3-4-13)16-6-5-14(11-15(16)18)25(22,23)19-7-9-24-10-8-19/h5-6,11,13H,3-4,7-10,12H2,1-2H3. The fourth-order valence-corrected chi connectivity index (χ4v) is 5.14. The van der Waals surface area contributed by atoms with Gasteiger partial charge in [-0.3, -0.25) is 4.79 Å². The average molecular weight is 364 g/mol. The van der Waals surface area contributed by atoms with Crippen molar-refractivity contribution in [2.45, 2.75) is 37.0 Å². The first-order valence-corrected chi connectivity index (χ1v) is 10.3. The van der Waals surface area contributed by atoms with Crippen molar-refractivity contribution in [2.75, 3.05) is 37.7 Å². The third kappa shape index (κ3) is 2.88. The number of sulfonamides is 1. The summed E-state index contributed by atoms with van der Waals surface area (Å²) in [7, 11) is -3.53. The van der Waals surface area contributed by atoms with E-state index in [1.807, 2.05) is 4.90 Å². The highest BCUT2D eigenvalue weighted by Gasteiger charge is 2.43. The fraction of sp³-hybridized carbons (Fsp3) is 0.611. The van der Waals surface area contributed by atoms with E-state index in [9.17, 15) is 13.2 Å². The number of hydrogen-bond acceptors (Lipinski definition) is 4. The molecule has 4 rings (SSSR count). The molecule has 0 radical (unpaired) electrons. The van der Waals surface area contributed by atoms with Crippen molar-refractivity contribution in [2.24, 2.45) is 5.92 Å². The van der Waals surface area contributed by atoms with Crippen LogP contribution in [0.25, 0.3) is 0 Å². The molecule has 1 saturated carbocycles. The first-order valence-electron chi connectivity index (χ1n) is 8.84. The van der Waals surface area contributed by atoms with E-state index in [0.29, 0.717) is 37.7 Å². The minimum atomic E-state index is -3.53. The molecule has 1 aliphatic carbocycles. The molecule has 0 bridgehead atoms. The van der Waals surface area contributed by atoms with Crippen LogP contribution in [0.1, 0.15) is 32.3 Å². The SMILES string of the molecule is CC1(C)CN(C(=O)C2CC2)c2ccc(S(=O)(=O)N3CCOCC3)cc21. The highest BCUT2D eigenvalue weighted by atomic mass is 32.2. The number of morpholine rings is 1. The molecule has 1 aromatic carbocycles. The van der Waals surface area contributed by atoms with Gasteiger partial charge in [0.05, 0.1) is 18.1 Å². The number of carbonyl (C=O) groups excluding carboxylic acids is 1.